The Morgan fingerprint density at radius 1 is 1.03 bits per heavy atom. The summed E-state index contributed by atoms with van der Waals surface area (Å²) in [4.78, 5) is 19.9. The summed E-state index contributed by atoms with van der Waals surface area (Å²) < 4.78 is 3.53. The third-order valence-electron chi connectivity index (χ3n) is 5.30. The van der Waals surface area contributed by atoms with Gasteiger partial charge >= 0.3 is 0 Å². The van der Waals surface area contributed by atoms with Gasteiger partial charge in [0.2, 0.25) is 0 Å². The molecule has 1 aliphatic rings. The summed E-state index contributed by atoms with van der Waals surface area (Å²) in [6, 6.07) is 19.6. The van der Waals surface area contributed by atoms with E-state index in [0.29, 0.717) is 31.0 Å². The van der Waals surface area contributed by atoms with Crippen LogP contribution in [0.2, 0.25) is 0 Å². The minimum absolute atomic E-state index is 0.148. The van der Waals surface area contributed by atoms with Gasteiger partial charge in [0.05, 0.1) is 24.5 Å². The number of benzene rings is 2. The molecule has 0 unspecified atom stereocenters. The Morgan fingerprint density at radius 3 is 2.53 bits per heavy atom. The number of amides is 1. The fraction of sp³-hybridized carbons (Fsp3) is 0.227. The molecule has 8 nitrogen and oxygen atoms in total. The van der Waals surface area contributed by atoms with Gasteiger partial charge in [-0.3, -0.25) is 4.79 Å². The van der Waals surface area contributed by atoms with Crippen molar-refractivity contribution < 1.29 is 4.79 Å². The number of hydrogen-bond donors (Lipinski definition) is 0. The van der Waals surface area contributed by atoms with Crippen LogP contribution in [-0.2, 0) is 13.0 Å². The number of para-hydroxylation sites is 1. The molecule has 0 bridgehead atoms. The number of aryl methyl sites for hydroxylation is 1. The van der Waals surface area contributed by atoms with E-state index in [1.54, 1.807) is 10.9 Å². The van der Waals surface area contributed by atoms with Gasteiger partial charge in [-0.1, -0.05) is 53.7 Å². The molecule has 0 saturated carbocycles. The smallest absolute Gasteiger partial charge is 0.276 e. The average Bonchev–Trinajstić information content (AvgIpc) is 3.41. The first-order valence-electron chi connectivity index (χ1n) is 9.93. The summed E-state index contributed by atoms with van der Waals surface area (Å²) >= 11 is 0. The molecule has 0 fully saturated rings. The Balaban J connectivity index is 1.47. The van der Waals surface area contributed by atoms with Crippen LogP contribution in [0.15, 0.2) is 66.9 Å². The molecule has 2 aromatic carbocycles. The number of fused-ring (bicyclic) bond motifs is 1. The molecule has 30 heavy (non-hydrogen) atoms. The van der Waals surface area contributed by atoms with Crippen LogP contribution in [0.25, 0.3) is 5.69 Å². The van der Waals surface area contributed by atoms with E-state index >= 15 is 0 Å². The third-order valence-corrected chi connectivity index (χ3v) is 5.30. The molecule has 1 amide bonds. The molecule has 8 heteroatoms. The molecule has 4 aromatic rings. The highest BCUT2D eigenvalue weighted by molar-refractivity contribution is 5.92. The quantitative estimate of drug-likeness (QED) is 0.527. The lowest BCUT2D eigenvalue weighted by Gasteiger charge is -2.34. The summed E-state index contributed by atoms with van der Waals surface area (Å²) in [5, 5.41) is 12.8. The summed E-state index contributed by atoms with van der Waals surface area (Å²) in [5.41, 5.74) is 2.32. The normalized spacial score (nSPS) is 15.8. The van der Waals surface area contributed by atoms with Gasteiger partial charge in [-0.25, -0.2) is 14.3 Å². The molecule has 150 valence electrons. The zero-order valence-corrected chi connectivity index (χ0v) is 16.6. The van der Waals surface area contributed by atoms with Crippen LogP contribution in [0.3, 0.4) is 0 Å². The second kappa shape index (κ2) is 7.55. The number of hydrogen-bond acceptors (Lipinski definition) is 5. The first kappa shape index (κ1) is 18.2. The summed E-state index contributed by atoms with van der Waals surface area (Å²) in [7, 11) is 0. The topological polar surface area (TPSA) is 81.7 Å². The van der Waals surface area contributed by atoms with Gasteiger partial charge in [-0.15, -0.1) is 5.10 Å². The number of nitrogens with zero attached hydrogens (tertiary/aromatic N) is 7. The van der Waals surface area contributed by atoms with E-state index in [4.69, 9.17) is 0 Å². The Morgan fingerprint density at radius 2 is 1.77 bits per heavy atom. The van der Waals surface area contributed by atoms with E-state index in [0.717, 1.165) is 17.1 Å². The summed E-state index contributed by atoms with van der Waals surface area (Å²) in [6.45, 7) is 3.03. The standard InChI is InChI=1S/C22H21N7O/c1-16-23-21-20(14-17-8-4-2-5-9-17)27(12-13-28(21)25-16)22(30)19-15-29(26-24-19)18-10-6-3-7-11-18/h2-11,15,20H,12-14H2,1H3/t20-/m0/s1. The fourth-order valence-corrected chi connectivity index (χ4v) is 3.88. The summed E-state index contributed by atoms with van der Waals surface area (Å²) in [6.07, 6.45) is 2.35. The van der Waals surface area contributed by atoms with Crippen molar-refractivity contribution in [1.82, 2.24) is 34.7 Å². The monoisotopic (exact) mass is 399 g/mol. The van der Waals surface area contributed by atoms with Gasteiger partial charge in [0.25, 0.3) is 5.91 Å². The maximum atomic E-state index is 13.4. The number of rotatable bonds is 4. The van der Waals surface area contributed by atoms with E-state index in [1.807, 2.05) is 65.0 Å². The van der Waals surface area contributed by atoms with Gasteiger partial charge in [-0.05, 0) is 24.6 Å². The molecular formula is C22H21N7O. The zero-order valence-electron chi connectivity index (χ0n) is 16.6. The van der Waals surface area contributed by atoms with E-state index in [1.165, 1.54) is 0 Å². The predicted molar refractivity (Wildman–Crippen MR) is 110 cm³/mol. The van der Waals surface area contributed by atoms with Crippen LogP contribution in [-0.4, -0.2) is 47.1 Å². The van der Waals surface area contributed by atoms with Crippen LogP contribution in [0.5, 0.6) is 0 Å². The lowest BCUT2D eigenvalue weighted by Crippen LogP contribution is -2.43. The van der Waals surface area contributed by atoms with Crippen molar-refractivity contribution in [3.63, 3.8) is 0 Å². The van der Waals surface area contributed by atoms with Crippen LogP contribution in [0.1, 0.15) is 33.7 Å². The highest BCUT2D eigenvalue weighted by Gasteiger charge is 2.35. The molecule has 2 aromatic heterocycles. The molecular weight excluding hydrogens is 378 g/mol. The maximum Gasteiger partial charge on any atom is 0.276 e. The fourth-order valence-electron chi connectivity index (χ4n) is 3.88. The van der Waals surface area contributed by atoms with Gasteiger partial charge in [0, 0.05) is 13.0 Å². The highest BCUT2D eigenvalue weighted by Crippen LogP contribution is 2.29. The van der Waals surface area contributed by atoms with Crippen LogP contribution in [0, 0.1) is 6.92 Å². The van der Waals surface area contributed by atoms with Crippen molar-refractivity contribution in [3.05, 3.63) is 89.8 Å². The number of carbonyl (C=O) groups is 1. The molecule has 0 radical (unpaired) electrons. The molecule has 5 rings (SSSR count). The van der Waals surface area contributed by atoms with Gasteiger partial charge in [-0.2, -0.15) is 5.10 Å². The van der Waals surface area contributed by atoms with Crippen molar-refractivity contribution in [1.29, 1.82) is 0 Å². The Hall–Kier alpha value is -3.81. The Kier molecular flexibility index (Phi) is 4.59. The Bertz CT molecular complexity index is 1170. The molecule has 3 heterocycles. The number of carbonyl (C=O) groups excluding carboxylic acids is 1. The van der Waals surface area contributed by atoms with Crippen molar-refractivity contribution in [2.45, 2.75) is 25.9 Å². The van der Waals surface area contributed by atoms with Crippen molar-refractivity contribution in [3.8, 4) is 5.69 Å². The zero-order chi connectivity index (χ0) is 20.5. The van der Waals surface area contributed by atoms with Crippen molar-refractivity contribution in [2.24, 2.45) is 0 Å². The van der Waals surface area contributed by atoms with E-state index in [2.05, 4.69) is 32.5 Å². The third kappa shape index (κ3) is 3.36. The van der Waals surface area contributed by atoms with Crippen LogP contribution >= 0.6 is 0 Å². The molecule has 0 saturated heterocycles. The molecule has 0 aliphatic carbocycles. The largest absolute Gasteiger partial charge is 0.325 e. The van der Waals surface area contributed by atoms with Crippen LogP contribution in [0.4, 0.5) is 0 Å². The van der Waals surface area contributed by atoms with E-state index < -0.39 is 0 Å². The lowest BCUT2D eigenvalue weighted by molar-refractivity contribution is 0.0602. The predicted octanol–water partition coefficient (Wildman–Crippen LogP) is 2.61. The lowest BCUT2D eigenvalue weighted by atomic mass is 10.0. The minimum Gasteiger partial charge on any atom is -0.325 e. The Labute approximate surface area is 173 Å². The first-order valence-corrected chi connectivity index (χ1v) is 9.93. The number of aromatic nitrogens is 6. The van der Waals surface area contributed by atoms with Crippen molar-refractivity contribution >= 4 is 5.91 Å². The SMILES string of the molecule is Cc1nc2n(n1)CCN(C(=O)c1cn(-c3ccccc3)nn1)[C@H]2Cc1ccccc1. The highest BCUT2D eigenvalue weighted by atomic mass is 16.2. The van der Waals surface area contributed by atoms with Gasteiger partial charge in [0.1, 0.15) is 11.6 Å². The van der Waals surface area contributed by atoms with E-state index in [9.17, 15) is 4.79 Å². The molecule has 1 atom stereocenters. The second-order valence-corrected chi connectivity index (χ2v) is 7.33. The second-order valence-electron chi connectivity index (χ2n) is 7.33. The van der Waals surface area contributed by atoms with Crippen molar-refractivity contribution in [2.75, 3.05) is 6.54 Å². The first-order chi connectivity index (χ1) is 14.7. The molecule has 1 aliphatic heterocycles. The van der Waals surface area contributed by atoms with Crippen LogP contribution < -0.4 is 0 Å². The van der Waals surface area contributed by atoms with E-state index in [-0.39, 0.29) is 11.9 Å². The average molecular weight is 399 g/mol. The maximum absolute atomic E-state index is 13.4. The minimum atomic E-state index is -0.211. The molecule has 0 spiro atoms. The van der Waals surface area contributed by atoms with Gasteiger partial charge in [0.15, 0.2) is 5.69 Å². The van der Waals surface area contributed by atoms with Gasteiger partial charge < -0.3 is 4.90 Å². The molecule has 0 N–H and O–H groups in total. The summed E-state index contributed by atoms with van der Waals surface area (Å²) in [5.74, 6) is 1.38.